The Hall–Kier alpha value is -3.45. The Kier molecular flexibility index (Phi) is 7.83. The third kappa shape index (κ3) is 6.28. The molecule has 0 aliphatic heterocycles. The number of amides is 2. The van der Waals surface area contributed by atoms with Crippen LogP contribution in [0, 0.1) is 6.92 Å². The number of likely N-dealkylation sites (N-methyl/N-ethyl adjacent to an activating group) is 1. The van der Waals surface area contributed by atoms with Gasteiger partial charge in [-0.05, 0) is 69.6 Å². The van der Waals surface area contributed by atoms with Gasteiger partial charge in [-0.2, -0.15) is 0 Å². The largest absolute Gasteiger partial charge is 0.384 e. The van der Waals surface area contributed by atoms with Crippen molar-refractivity contribution in [2.24, 2.45) is 0 Å². The van der Waals surface area contributed by atoms with Crippen LogP contribution in [0.4, 0.5) is 16.2 Å². The first-order valence-electron chi connectivity index (χ1n) is 11.1. The molecule has 3 N–H and O–H groups in total. The highest BCUT2D eigenvalue weighted by Gasteiger charge is 2.20. The maximum atomic E-state index is 13.1. The minimum atomic E-state index is -4.00. The van der Waals surface area contributed by atoms with Gasteiger partial charge < -0.3 is 15.5 Å². The van der Waals surface area contributed by atoms with Gasteiger partial charge in [-0.1, -0.05) is 11.6 Å². The highest BCUT2D eigenvalue weighted by atomic mass is 35.5. The maximum absolute atomic E-state index is 13.1. The fourth-order valence-corrected chi connectivity index (χ4v) is 5.95. The number of hydrogen-bond acceptors (Lipinski definition) is 8. The number of benzene rings is 2. The van der Waals surface area contributed by atoms with Crippen LogP contribution in [0.2, 0.25) is 5.02 Å². The number of hydrogen-bond donors (Lipinski definition) is 3. The van der Waals surface area contributed by atoms with E-state index < -0.39 is 16.1 Å². The van der Waals surface area contributed by atoms with Gasteiger partial charge in [0.2, 0.25) is 0 Å². The number of urea groups is 1. The monoisotopic (exact) mass is 560 g/mol. The Morgan fingerprint density at radius 3 is 2.54 bits per heavy atom. The molecule has 0 bridgehead atoms. The van der Waals surface area contributed by atoms with Gasteiger partial charge in [0.05, 0.1) is 21.6 Å². The Bertz CT molecular complexity index is 1630. The number of anilines is 2. The molecule has 2 heterocycles. The number of nitrogens with zero attached hydrogens (tertiary/aromatic N) is 3. The molecule has 4 aromatic rings. The van der Waals surface area contributed by atoms with Crippen molar-refractivity contribution in [1.82, 2.24) is 19.2 Å². The summed E-state index contributed by atoms with van der Waals surface area (Å²) in [5.74, 6) is 0. The second-order valence-electron chi connectivity index (χ2n) is 8.47. The summed E-state index contributed by atoms with van der Waals surface area (Å²) in [6.45, 7) is 3.39. The van der Waals surface area contributed by atoms with Crippen LogP contribution in [0.1, 0.15) is 4.88 Å². The summed E-state index contributed by atoms with van der Waals surface area (Å²) in [6.07, 6.45) is 1.39. The normalized spacial score (nSPS) is 11.6. The van der Waals surface area contributed by atoms with Crippen molar-refractivity contribution >= 4 is 61.3 Å². The Morgan fingerprint density at radius 1 is 1.11 bits per heavy atom. The van der Waals surface area contributed by atoms with Crippen molar-refractivity contribution in [3.63, 3.8) is 0 Å². The molecular formula is C24H25ClN6O4S2. The van der Waals surface area contributed by atoms with Gasteiger partial charge in [0, 0.05) is 29.3 Å². The fraction of sp³-hybridized carbons (Fsp3) is 0.208. The van der Waals surface area contributed by atoms with E-state index in [9.17, 15) is 18.0 Å². The minimum Gasteiger partial charge on any atom is -0.384 e. The summed E-state index contributed by atoms with van der Waals surface area (Å²) < 4.78 is 28.0. The Balaban J connectivity index is 1.51. The van der Waals surface area contributed by atoms with E-state index in [4.69, 9.17) is 11.6 Å². The van der Waals surface area contributed by atoms with Gasteiger partial charge >= 0.3 is 6.03 Å². The zero-order chi connectivity index (χ0) is 26.7. The van der Waals surface area contributed by atoms with Gasteiger partial charge in [0.1, 0.15) is 10.5 Å². The molecule has 13 heteroatoms. The highest BCUT2D eigenvalue weighted by Crippen LogP contribution is 2.25. The molecule has 0 saturated heterocycles. The lowest BCUT2D eigenvalue weighted by molar-refractivity contribution is 0.256. The average molecular weight is 561 g/mol. The second-order valence-corrected chi connectivity index (χ2v) is 12.1. The van der Waals surface area contributed by atoms with Crippen molar-refractivity contribution in [3.8, 4) is 5.69 Å². The summed E-state index contributed by atoms with van der Waals surface area (Å²) in [5.41, 5.74) is 1.72. The predicted molar refractivity (Wildman–Crippen MR) is 148 cm³/mol. The number of thiophene rings is 1. The van der Waals surface area contributed by atoms with Crippen LogP contribution in [-0.2, 0) is 10.0 Å². The Morgan fingerprint density at radius 2 is 1.86 bits per heavy atom. The zero-order valence-electron chi connectivity index (χ0n) is 20.3. The molecule has 0 radical (unpaired) electrons. The van der Waals surface area contributed by atoms with Crippen molar-refractivity contribution in [2.45, 2.75) is 11.1 Å². The average Bonchev–Trinajstić information content (AvgIpc) is 3.27. The van der Waals surface area contributed by atoms with Gasteiger partial charge in [-0.25, -0.2) is 22.9 Å². The third-order valence-electron chi connectivity index (χ3n) is 5.32. The maximum Gasteiger partial charge on any atom is 0.333 e. The highest BCUT2D eigenvalue weighted by molar-refractivity contribution is 7.92. The molecule has 0 aliphatic carbocycles. The zero-order valence-corrected chi connectivity index (χ0v) is 22.7. The number of aryl methyl sites for hydroxylation is 1. The fourth-order valence-electron chi connectivity index (χ4n) is 3.49. The molecular weight excluding hydrogens is 536 g/mol. The van der Waals surface area contributed by atoms with Crippen LogP contribution in [0.25, 0.3) is 16.6 Å². The number of carbonyl (C=O) groups is 1. The van der Waals surface area contributed by atoms with E-state index in [1.54, 1.807) is 25.1 Å². The number of sulfonamides is 1. The van der Waals surface area contributed by atoms with Crippen molar-refractivity contribution < 1.29 is 13.2 Å². The van der Waals surface area contributed by atoms with Crippen LogP contribution in [0.3, 0.4) is 0 Å². The lowest BCUT2D eigenvalue weighted by Crippen LogP contribution is -2.34. The first-order chi connectivity index (χ1) is 17.5. The van der Waals surface area contributed by atoms with Gasteiger partial charge in [0.25, 0.3) is 15.6 Å². The number of carbonyl (C=O) groups excluding carboxylic acids is 1. The Labute approximate surface area is 223 Å². The lowest BCUT2D eigenvalue weighted by Gasteiger charge is -2.13. The molecule has 37 heavy (non-hydrogen) atoms. The van der Waals surface area contributed by atoms with Gasteiger partial charge in [0.15, 0.2) is 0 Å². The SMILES string of the molecule is Cc1ccc(S(=O)(=O)NC(=O)Nc2ccc(-n3cnc4cc(NCCN(C)C)ccc4c3=O)c(Cl)c2)s1. The molecule has 0 atom stereocenters. The molecule has 0 saturated carbocycles. The van der Waals surface area contributed by atoms with E-state index in [-0.39, 0.29) is 20.5 Å². The molecule has 194 valence electrons. The quantitative estimate of drug-likeness (QED) is 0.298. The summed E-state index contributed by atoms with van der Waals surface area (Å²) >= 11 is 7.48. The molecule has 0 unspecified atom stereocenters. The first kappa shape index (κ1) is 26.6. The first-order valence-corrected chi connectivity index (χ1v) is 13.8. The van der Waals surface area contributed by atoms with Crippen LogP contribution in [0.5, 0.6) is 0 Å². The van der Waals surface area contributed by atoms with Crippen molar-refractivity contribution in [2.75, 3.05) is 37.8 Å². The predicted octanol–water partition coefficient (Wildman–Crippen LogP) is 3.89. The lowest BCUT2D eigenvalue weighted by atomic mass is 10.2. The molecule has 2 aromatic heterocycles. The molecule has 2 aromatic carbocycles. The smallest absolute Gasteiger partial charge is 0.333 e. The van der Waals surface area contributed by atoms with Gasteiger partial charge in [-0.15, -0.1) is 11.3 Å². The molecule has 0 aliphatic rings. The van der Waals surface area contributed by atoms with Crippen molar-refractivity contribution in [3.05, 3.63) is 75.1 Å². The number of fused-ring (bicyclic) bond motifs is 1. The summed E-state index contributed by atoms with van der Waals surface area (Å²) in [6, 6.07) is 12.0. The number of halogens is 1. The van der Waals surface area contributed by atoms with E-state index in [0.29, 0.717) is 16.6 Å². The van der Waals surface area contributed by atoms with E-state index in [2.05, 4.69) is 20.5 Å². The van der Waals surface area contributed by atoms with Gasteiger partial charge in [-0.3, -0.25) is 9.36 Å². The third-order valence-corrected chi connectivity index (χ3v) is 8.45. The van der Waals surface area contributed by atoms with Crippen LogP contribution in [0.15, 0.2) is 63.9 Å². The van der Waals surface area contributed by atoms with Crippen molar-refractivity contribution in [1.29, 1.82) is 0 Å². The summed E-state index contributed by atoms with van der Waals surface area (Å²) in [4.78, 5) is 32.7. The van der Waals surface area contributed by atoms with Crippen LogP contribution >= 0.6 is 22.9 Å². The number of rotatable bonds is 8. The van der Waals surface area contributed by atoms with Crippen LogP contribution < -0.4 is 20.9 Å². The van der Waals surface area contributed by atoms with Crippen LogP contribution in [-0.4, -0.2) is 56.1 Å². The number of aromatic nitrogens is 2. The van der Waals surface area contributed by atoms with E-state index >= 15 is 0 Å². The van der Waals surface area contributed by atoms with E-state index in [1.807, 2.05) is 31.0 Å². The van der Waals surface area contributed by atoms with E-state index in [1.165, 1.54) is 29.1 Å². The molecule has 10 nitrogen and oxygen atoms in total. The second kappa shape index (κ2) is 10.9. The standard InChI is InChI=1S/C24H25ClN6O4S2/c1-15-4-9-22(36-15)37(34,35)29-24(33)28-17-6-8-21(19(25)12-17)31-14-27-20-13-16(26-10-11-30(2)3)5-7-18(20)23(31)32/h4-9,12-14,26H,10-11H2,1-3H3,(H2,28,29,33). The summed E-state index contributed by atoms with van der Waals surface area (Å²) in [7, 11) is -0.0113. The molecule has 0 spiro atoms. The molecule has 2 amide bonds. The van der Waals surface area contributed by atoms with E-state index in [0.717, 1.165) is 35.0 Å². The topological polar surface area (TPSA) is 125 Å². The number of nitrogens with one attached hydrogen (secondary N) is 3. The minimum absolute atomic E-state index is 0.0353. The molecule has 0 fully saturated rings. The summed E-state index contributed by atoms with van der Waals surface area (Å²) in [5, 5.41) is 6.34. The molecule has 4 rings (SSSR count).